The Labute approximate surface area is 194 Å². The van der Waals surface area contributed by atoms with Crippen molar-refractivity contribution in [1.82, 2.24) is 9.88 Å². The number of hydrogen-bond acceptors (Lipinski definition) is 3. The van der Waals surface area contributed by atoms with E-state index in [1.54, 1.807) is 6.07 Å². The molecule has 3 N–H and O–H groups in total. The number of hydrogen-bond donors (Lipinski definition) is 3. The SMILES string of the molecule is Cc1ccc2c3c([nH]c2c1)CC1(c2cccc(O)c2)CCN(Cc2ccccc2)CC1(O)C3. The fourth-order valence-corrected chi connectivity index (χ4v) is 6.33. The second-order valence-electron chi connectivity index (χ2n) is 10.1. The van der Waals surface area contributed by atoms with Gasteiger partial charge in [-0.15, -0.1) is 0 Å². The van der Waals surface area contributed by atoms with Crippen LogP contribution in [0.25, 0.3) is 10.9 Å². The van der Waals surface area contributed by atoms with E-state index in [2.05, 4.69) is 65.3 Å². The van der Waals surface area contributed by atoms with Gasteiger partial charge in [0.15, 0.2) is 0 Å². The molecule has 1 aliphatic heterocycles. The molecule has 0 saturated carbocycles. The Morgan fingerprint density at radius 2 is 1.82 bits per heavy atom. The normalized spacial score (nSPS) is 25.0. The molecule has 1 aromatic heterocycles. The first-order valence-electron chi connectivity index (χ1n) is 11.8. The zero-order valence-electron chi connectivity index (χ0n) is 19.0. The summed E-state index contributed by atoms with van der Waals surface area (Å²) in [5.74, 6) is 0.258. The van der Waals surface area contributed by atoms with Crippen LogP contribution in [0.5, 0.6) is 5.75 Å². The molecule has 1 aliphatic carbocycles. The minimum atomic E-state index is -0.930. The van der Waals surface area contributed by atoms with E-state index in [1.165, 1.54) is 27.8 Å². The van der Waals surface area contributed by atoms with Gasteiger partial charge in [0, 0.05) is 47.9 Å². The highest BCUT2D eigenvalue weighted by atomic mass is 16.3. The van der Waals surface area contributed by atoms with E-state index in [0.29, 0.717) is 13.0 Å². The number of phenols is 1. The van der Waals surface area contributed by atoms with Gasteiger partial charge in [0.25, 0.3) is 0 Å². The first-order valence-corrected chi connectivity index (χ1v) is 11.8. The predicted molar refractivity (Wildman–Crippen MR) is 132 cm³/mol. The molecule has 6 rings (SSSR count). The van der Waals surface area contributed by atoms with Crippen LogP contribution in [-0.2, 0) is 24.8 Å². The van der Waals surface area contributed by atoms with E-state index < -0.39 is 11.0 Å². The summed E-state index contributed by atoms with van der Waals surface area (Å²) < 4.78 is 0. The highest BCUT2D eigenvalue weighted by Gasteiger charge is 2.57. The number of aromatic hydroxyl groups is 1. The highest BCUT2D eigenvalue weighted by molar-refractivity contribution is 5.86. The fourth-order valence-electron chi connectivity index (χ4n) is 6.33. The quantitative estimate of drug-likeness (QED) is 0.428. The van der Waals surface area contributed by atoms with Crippen LogP contribution in [0, 0.1) is 6.92 Å². The summed E-state index contributed by atoms with van der Waals surface area (Å²) in [6.45, 7) is 4.46. The van der Waals surface area contributed by atoms with Gasteiger partial charge < -0.3 is 15.2 Å². The van der Waals surface area contributed by atoms with Crippen LogP contribution in [0.1, 0.15) is 34.4 Å². The van der Waals surface area contributed by atoms with Crippen molar-refractivity contribution in [3.8, 4) is 5.75 Å². The molecule has 0 radical (unpaired) electrons. The van der Waals surface area contributed by atoms with Crippen LogP contribution in [0.3, 0.4) is 0 Å². The first-order chi connectivity index (χ1) is 16.0. The van der Waals surface area contributed by atoms with Crippen LogP contribution < -0.4 is 0 Å². The van der Waals surface area contributed by atoms with Gasteiger partial charge in [-0.2, -0.15) is 0 Å². The van der Waals surface area contributed by atoms with Gasteiger partial charge in [-0.1, -0.05) is 54.6 Å². The van der Waals surface area contributed by atoms with E-state index in [4.69, 9.17) is 0 Å². The lowest BCUT2D eigenvalue weighted by Crippen LogP contribution is -2.66. The molecule has 2 unspecified atom stereocenters. The molecule has 4 aromatic rings. The lowest BCUT2D eigenvalue weighted by atomic mass is 9.56. The van der Waals surface area contributed by atoms with Crippen molar-refractivity contribution in [2.24, 2.45) is 0 Å². The number of aromatic amines is 1. The number of aromatic nitrogens is 1. The number of H-pyrrole nitrogens is 1. The predicted octanol–water partition coefficient (Wildman–Crippen LogP) is 4.86. The van der Waals surface area contributed by atoms with Gasteiger partial charge in [0.05, 0.1) is 5.60 Å². The van der Waals surface area contributed by atoms with Gasteiger partial charge in [0.1, 0.15) is 5.75 Å². The Morgan fingerprint density at radius 1 is 0.970 bits per heavy atom. The number of β-amino-alcohol motifs (C(OH)–C–C–N with tert-alkyl or cyclic N) is 1. The maximum Gasteiger partial charge on any atom is 0.115 e. The summed E-state index contributed by atoms with van der Waals surface area (Å²) >= 11 is 0. The Kier molecular flexibility index (Phi) is 4.65. The number of aliphatic hydroxyl groups is 1. The molecule has 0 amide bonds. The molecule has 2 atom stereocenters. The molecule has 168 valence electrons. The molecule has 0 spiro atoms. The molecule has 0 bridgehead atoms. The minimum Gasteiger partial charge on any atom is -0.508 e. The lowest BCUT2D eigenvalue weighted by Gasteiger charge is -2.56. The molecular weight excluding hydrogens is 408 g/mol. The Balaban J connectivity index is 1.46. The van der Waals surface area contributed by atoms with E-state index in [0.717, 1.165) is 37.0 Å². The third-order valence-corrected chi connectivity index (χ3v) is 7.98. The molecule has 4 nitrogen and oxygen atoms in total. The number of piperidine rings is 1. The Morgan fingerprint density at radius 3 is 2.64 bits per heavy atom. The van der Waals surface area contributed by atoms with Crippen LogP contribution in [-0.4, -0.2) is 38.8 Å². The monoisotopic (exact) mass is 438 g/mol. The van der Waals surface area contributed by atoms with Crippen LogP contribution in [0.4, 0.5) is 0 Å². The summed E-state index contributed by atoms with van der Waals surface area (Å²) in [5, 5.41) is 24.0. The van der Waals surface area contributed by atoms with Gasteiger partial charge in [-0.05, 0) is 60.3 Å². The van der Waals surface area contributed by atoms with Gasteiger partial charge in [-0.3, -0.25) is 4.90 Å². The maximum absolute atomic E-state index is 12.5. The maximum atomic E-state index is 12.5. The number of fused-ring (bicyclic) bond motifs is 4. The number of likely N-dealkylation sites (tertiary alicyclic amines) is 1. The smallest absolute Gasteiger partial charge is 0.115 e. The van der Waals surface area contributed by atoms with Crippen molar-refractivity contribution in [2.45, 2.75) is 43.7 Å². The summed E-state index contributed by atoms with van der Waals surface area (Å²) in [4.78, 5) is 6.07. The molecule has 3 aromatic carbocycles. The molecule has 4 heteroatoms. The van der Waals surface area contributed by atoms with Gasteiger partial charge >= 0.3 is 0 Å². The van der Waals surface area contributed by atoms with E-state index in [-0.39, 0.29) is 5.75 Å². The average molecular weight is 439 g/mol. The van der Waals surface area contributed by atoms with Crippen molar-refractivity contribution >= 4 is 10.9 Å². The first kappa shape index (κ1) is 20.5. The molecule has 1 saturated heterocycles. The number of rotatable bonds is 3. The van der Waals surface area contributed by atoms with Crippen molar-refractivity contribution in [1.29, 1.82) is 0 Å². The number of aryl methyl sites for hydroxylation is 1. The third kappa shape index (κ3) is 3.28. The second kappa shape index (κ2) is 7.47. The Hall–Kier alpha value is -3.08. The van der Waals surface area contributed by atoms with E-state index >= 15 is 0 Å². The van der Waals surface area contributed by atoms with E-state index in [9.17, 15) is 10.2 Å². The number of nitrogens with zero attached hydrogens (tertiary/aromatic N) is 1. The summed E-state index contributed by atoms with van der Waals surface area (Å²) in [6.07, 6.45) is 2.19. The van der Waals surface area contributed by atoms with Crippen molar-refractivity contribution in [2.75, 3.05) is 13.1 Å². The van der Waals surface area contributed by atoms with Crippen LogP contribution in [0.15, 0.2) is 72.8 Å². The number of benzene rings is 3. The summed E-state index contributed by atoms with van der Waals surface area (Å²) in [7, 11) is 0. The van der Waals surface area contributed by atoms with Crippen molar-refractivity contribution in [3.63, 3.8) is 0 Å². The van der Waals surface area contributed by atoms with Crippen LogP contribution >= 0.6 is 0 Å². The standard InChI is InChI=1S/C29H30N2O2/c1-20-10-11-24-25-16-29(33)19-31(18-21-6-3-2-4-7-21)13-12-28(29,17-27(25)30-26(24)14-20)22-8-5-9-23(32)15-22/h2-11,14-15,30,32-33H,12-13,16-19H2,1H3. The number of phenolic OH excluding ortho intramolecular Hbond substituents is 1. The zero-order valence-corrected chi connectivity index (χ0v) is 19.0. The molecule has 2 heterocycles. The molecular formula is C29H30N2O2. The molecule has 33 heavy (non-hydrogen) atoms. The van der Waals surface area contributed by atoms with Crippen LogP contribution in [0.2, 0.25) is 0 Å². The van der Waals surface area contributed by atoms with Crippen molar-refractivity contribution < 1.29 is 10.2 Å². The third-order valence-electron chi connectivity index (χ3n) is 7.98. The molecule has 1 fully saturated rings. The lowest BCUT2D eigenvalue weighted by molar-refractivity contribution is -0.105. The van der Waals surface area contributed by atoms with Gasteiger partial charge in [0.2, 0.25) is 0 Å². The fraction of sp³-hybridized carbons (Fsp3) is 0.310. The highest BCUT2D eigenvalue weighted by Crippen LogP contribution is 2.52. The minimum absolute atomic E-state index is 0.258. The summed E-state index contributed by atoms with van der Waals surface area (Å²) in [5.41, 5.74) is 5.77. The largest absolute Gasteiger partial charge is 0.508 e. The number of nitrogens with one attached hydrogen (secondary N) is 1. The molecule has 2 aliphatic rings. The van der Waals surface area contributed by atoms with Gasteiger partial charge in [-0.25, -0.2) is 0 Å². The second-order valence-corrected chi connectivity index (χ2v) is 10.1. The zero-order chi connectivity index (χ0) is 22.6. The average Bonchev–Trinajstić information content (AvgIpc) is 3.13. The Bertz CT molecular complexity index is 1330. The summed E-state index contributed by atoms with van der Waals surface area (Å²) in [6, 6.07) is 24.6. The topological polar surface area (TPSA) is 59.5 Å². The van der Waals surface area contributed by atoms with Crippen molar-refractivity contribution in [3.05, 3.63) is 101 Å². The van der Waals surface area contributed by atoms with E-state index in [1.807, 2.05) is 18.2 Å².